The predicted molar refractivity (Wildman–Crippen MR) is 40.5 cm³/mol. The molecule has 0 aliphatic carbocycles. The van der Waals surface area contributed by atoms with Gasteiger partial charge in [0.25, 0.3) is 0 Å². The first-order valence-electron chi connectivity index (χ1n) is 3.80. The molecule has 0 radical (unpaired) electrons. The van der Waals surface area contributed by atoms with Crippen LogP contribution in [-0.4, -0.2) is 35.0 Å². The van der Waals surface area contributed by atoms with Crippen molar-refractivity contribution < 1.29 is 19.1 Å². The largest absolute Gasteiger partial charge is 0.779 e. The van der Waals surface area contributed by atoms with Crippen LogP contribution in [0.25, 0.3) is 0 Å². The van der Waals surface area contributed by atoms with E-state index in [2.05, 4.69) is 0 Å². The van der Waals surface area contributed by atoms with Gasteiger partial charge in [0.05, 0.1) is 0 Å². The zero-order chi connectivity index (χ0) is 9.19. The van der Waals surface area contributed by atoms with Gasteiger partial charge in [-0.15, -0.1) is 0 Å². The molecule has 1 heterocycles. The summed E-state index contributed by atoms with van der Waals surface area (Å²) >= 11 is 0. The molecule has 6 heteroatoms. The third-order valence-electron chi connectivity index (χ3n) is 1.82. The minimum Gasteiger partial charge on any atom is -0.779 e. The summed E-state index contributed by atoms with van der Waals surface area (Å²) in [4.78, 5) is 31.2. The van der Waals surface area contributed by atoms with Crippen LogP contribution >= 0.6 is 7.60 Å². The van der Waals surface area contributed by atoms with Gasteiger partial charge in [0.2, 0.25) is 5.91 Å². The smallest absolute Gasteiger partial charge is 0.222 e. The predicted octanol–water partition coefficient (Wildman–Crippen LogP) is -0.845. The molecule has 0 aromatic heterocycles. The number of amides is 1. The Bertz CT molecular complexity index is 224. The van der Waals surface area contributed by atoms with Gasteiger partial charge in [-0.1, -0.05) is 0 Å². The minimum absolute atomic E-state index is 0.0246. The zero-order valence-corrected chi connectivity index (χ0v) is 7.50. The quantitative estimate of drug-likeness (QED) is 0.591. The van der Waals surface area contributed by atoms with E-state index in [1.54, 1.807) is 0 Å². The minimum atomic E-state index is -4.19. The molecule has 0 spiro atoms. The standard InChI is InChI=1S/C6H12NO4P/c8-6-2-1-3-7(6)4-5-12(9,10)11/h1-5H2,(H2,9,10,11)/p-1. The lowest BCUT2D eigenvalue weighted by atomic mass is 10.4. The Morgan fingerprint density at radius 3 is 2.75 bits per heavy atom. The van der Waals surface area contributed by atoms with E-state index in [0.717, 1.165) is 6.42 Å². The van der Waals surface area contributed by atoms with E-state index in [0.29, 0.717) is 13.0 Å². The number of nitrogens with zero attached hydrogens (tertiary/aromatic N) is 1. The molecule has 1 saturated heterocycles. The molecule has 1 N–H and O–H groups in total. The Morgan fingerprint density at radius 1 is 1.67 bits per heavy atom. The van der Waals surface area contributed by atoms with Crippen molar-refractivity contribution in [2.75, 3.05) is 19.3 Å². The van der Waals surface area contributed by atoms with Crippen LogP contribution in [0.2, 0.25) is 0 Å². The molecule has 1 amide bonds. The Hall–Kier alpha value is -0.380. The Morgan fingerprint density at radius 2 is 2.33 bits per heavy atom. The second kappa shape index (κ2) is 3.56. The van der Waals surface area contributed by atoms with E-state index in [4.69, 9.17) is 4.89 Å². The summed E-state index contributed by atoms with van der Waals surface area (Å²) in [6, 6.07) is 0. The highest BCUT2D eigenvalue weighted by Crippen LogP contribution is 2.28. The number of rotatable bonds is 3. The summed E-state index contributed by atoms with van der Waals surface area (Å²) in [7, 11) is -4.19. The third kappa shape index (κ3) is 2.93. The van der Waals surface area contributed by atoms with Gasteiger partial charge in [-0.05, 0) is 6.42 Å². The van der Waals surface area contributed by atoms with Crippen LogP contribution in [0.3, 0.4) is 0 Å². The van der Waals surface area contributed by atoms with Gasteiger partial charge in [-0.3, -0.25) is 4.79 Å². The molecule has 1 unspecified atom stereocenters. The van der Waals surface area contributed by atoms with Crippen LogP contribution in [-0.2, 0) is 9.36 Å². The Kier molecular flexibility index (Phi) is 2.88. The SMILES string of the molecule is O=C1CCCN1CCP(=O)([O-])O. The van der Waals surface area contributed by atoms with Crippen molar-refractivity contribution in [3.05, 3.63) is 0 Å². The second-order valence-corrected chi connectivity index (χ2v) is 4.57. The second-order valence-electron chi connectivity index (χ2n) is 2.85. The van der Waals surface area contributed by atoms with Gasteiger partial charge >= 0.3 is 0 Å². The van der Waals surface area contributed by atoms with E-state index in [1.807, 2.05) is 0 Å². The van der Waals surface area contributed by atoms with Crippen LogP contribution in [0.4, 0.5) is 0 Å². The Labute approximate surface area is 70.5 Å². The van der Waals surface area contributed by atoms with E-state index >= 15 is 0 Å². The first-order valence-corrected chi connectivity index (χ1v) is 5.56. The van der Waals surface area contributed by atoms with Gasteiger partial charge < -0.3 is 19.3 Å². The summed E-state index contributed by atoms with van der Waals surface area (Å²) < 4.78 is 10.3. The van der Waals surface area contributed by atoms with Crippen molar-refractivity contribution in [3.8, 4) is 0 Å². The average Bonchev–Trinajstić information content (AvgIpc) is 2.29. The molecule has 0 aromatic rings. The molecule has 0 bridgehead atoms. The van der Waals surface area contributed by atoms with Crippen molar-refractivity contribution in [1.82, 2.24) is 4.90 Å². The molecule has 1 aliphatic rings. The number of hydrogen-bond donors (Lipinski definition) is 1. The maximum atomic E-state index is 10.9. The van der Waals surface area contributed by atoms with E-state index in [9.17, 15) is 14.3 Å². The van der Waals surface area contributed by atoms with Crippen molar-refractivity contribution >= 4 is 13.5 Å². The Balaban J connectivity index is 2.32. The summed E-state index contributed by atoms with van der Waals surface area (Å²) in [6.07, 6.45) is 0.945. The first-order chi connectivity index (χ1) is 5.49. The van der Waals surface area contributed by atoms with Crippen molar-refractivity contribution in [2.45, 2.75) is 12.8 Å². The van der Waals surface area contributed by atoms with Gasteiger partial charge in [-0.25, -0.2) is 0 Å². The van der Waals surface area contributed by atoms with E-state index in [1.165, 1.54) is 4.90 Å². The monoisotopic (exact) mass is 192 g/mol. The summed E-state index contributed by atoms with van der Waals surface area (Å²) in [5, 5.41) is 0. The average molecular weight is 192 g/mol. The van der Waals surface area contributed by atoms with Crippen LogP contribution < -0.4 is 4.89 Å². The molecule has 0 aromatic carbocycles. The highest BCUT2D eigenvalue weighted by molar-refractivity contribution is 7.50. The highest BCUT2D eigenvalue weighted by atomic mass is 31.2. The lowest BCUT2D eigenvalue weighted by Crippen LogP contribution is -2.28. The van der Waals surface area contributed by atoms with Crippen molar-refractivity contribution in [2.24, 2.45) is 0 Å². The number of carbonyl (C=O) groups is 1. The van der Waals surface area contributed by atoms with Gasteiger partial charge in [0.1, 0.15) is 7.60 Å². The molecule has 1 rings (SSSR count). The normalized spacial score (nSPS) is 22.8. The van der Waals surface area contributed by atoms with Crippen molar-refractivity contribution in [3.63, 3.8) is 0 Å². The van der Waals surface area contributed by atoms with Crippen molar-refractivity contribution in [1.29, 1.82) is 0 Å². The highest BCUT2D eigenvalue weighted by Gasteiger charge is 2.20. The summed E-state index contributed by atoms with van der Waals surface area (Å²) in [5.41, 5.74) is 0. The molecule has 12 heavy (non-hydrogen) atoms. The molecular formula is C6H11NO4P-. The van der Waals surface area contributed by atoms with Gasteiger partial charge in [0.15, 0.2) is 0 Å². The molecular weight excluding hydrogens is 181 g/mol. The van der Waals surface area contributed by atoms with Gasteiger partial charge in [0, 0.05) is 25.7 Å². The fourth-order valence-corrected chi connectivity index (χ4v) is 1.68. The molecule has 0 saturated carbocycles. The van der Waals surface area contributed by atoms with Gasteiger partial charge in [-0.2, -0.15) is 0 Å². The molecule has 1 atom stereocenters. The topological polar surface area (TPSA) is 80.7 Å². The van der Waals surface area contributed by atoms with Crippen LogP contribution in [0.15, 0.2) is 0 Å². The lowest BCUT2D eigenvalue weighted by molar-refractivity contribution is -0.193. The lowest BCUT2D eigenvalue weighted by Gasteiger charge is -2.20. The van der Waals surface area contributed by atoms with E-state index in [-0.39, 0.29) is 18.6 Å². The number of likely N-dealkylation sites (tertiary alicyclic amines) is 1. The fourth-order valence-electron chi connectivity index (χ4n) is 1.19. The van der Waals surface area contributed by atoms with E-state index < -0.39 is 7.60 Å². The fraction of sp³-hybridized carbons (Fsp3) is 0.833. The number of hydrogen-bond acceptors (Lipinski definition) is 3. The number of carbonyl (C=O) groups excluding carboxylic acids is 1. The molecule has 1 aliphatic heterocycles. The first kappa shape index (κ1) is 9.71. The maximum absolute atomic E-state index is 10.9. The summed E-state index contributed by atoms with van der Waals surface area (Å²) in [5.74, 6) is -0.0246. The summed E-state index contributed by atoms with van der Waals surface area (Å²) in [6.45, 7) is 0.731. The maximum Gasteiger partial charge on any atom is 0.222 e. The molecule has 5 nitrogen and oxygen atoms in total. The van der Waals surface area contributed by atoms with Crippen LogP contribution in [0.1, 0.15) is 12.8 Å². The van der Waals surface area contributed by atoms with Crippen LogP contribution in [0, 0.1) is 0 Å². The molecule has 1 fully saturated rings. The zero-order valence-electron chi connectivity index (χ0n) is 6.60. The third-order valence-corrected chi connectivity index (χ3v) is 2.59. The van der Waals surface area contributed by atoms with Crippen LogP contribution in [0.5, 0.6) is 0 Å². The molecule has 70 valence electrons.